The summed E-state index contributed by atoms with van der Waals surface area (Å²) in [6, 6.07) is 2.62. The van der Waals surface area contributed by atoms with Crippen LogP contribution < -0.4 is 0 Å². The summed E-state index contributed by atoms with van der Waals surface area (Å²) in [6.45, 7) is 2.62. The molecule has 0 aliphatic carbocycles. The topological polar surface area (TPSA) is 20.2 Å². The van der Waals surface area contributed by atoms with Gasteiger partial charge in [0.2, 0.25) is 0 Å². The fraction of sp³-hybridized carbons (Fsp3) is 0.500. The second kappa shape index (κ2) is 4.61. The molecule has 0 bridgehead atoms. The Balaban J connectivity index is 3.24. The molecule has 1 aromatic rings. The van der Waals surface area contributed by atoms with Gasteiger partial charge in [-0.3, -0.25) is 0 Å². The molecule has 1 nitrogen and oxygen atoms in total. The van der Waals surface area contributed by atoms with E-state index in [-0.39, 0.29) is 5.56 Å². The number of hydrogen-bond donors (Lipinski definition) is 1. The van der Waals surface area contributed by atoms with E-state index < -0.39 is 29.2 Å². The van der Waals surface area contributed by atoms with Crippen LogP contribution in [0.3, 0.4) is 0 Å². The van der Waals surface area contributed by atoms with Gasteiger partial charge in [0.15, 0.2) is 0 Å². The molecule has 0 fully saturated rings. The minimum Gasteiger partial charge on any atom is -0.386 e. The molecule has 0 heterocycles. The van der Waals surface area contributed by atoms with Crippen LogP contribution in [0.25, 0.3) is 0 Å². The highest BCUT2D eigenvalue weighted by Gasteiger charge is 2.73. The summed E-state index contributed by atoms with van der Waals surface area (Å²) in [5, 5.41) is 9.56. The van der Waals surface area contributed by atoms with Crippen molar-refractivity contribution in [2.75, 3.05) is 0 Å². The van der Waals surface area contributed by atoms with E-state index >= 15 is 0 Å². The largest absolute Gasteiger partial charge is 0.460 e. The quantitative estimate of drug-likeness (QED) is 0.830. The molecular formula is C12H11F7O. The Hall–Kier alpha value is -1.31. The molecule has 0 aromatic heterocycles. The molecule has 0 radical (unpaired) electrons. The molecule has 8 heteroatoms. The second-order valence-corrected chi connectivity index (χ2v) is 4.78. The van der Waals surface area contributed by atoms with Crippen molar-refractivity contribution in [2.45, 2.75) is 37.5 Å². The van der Waals surface area contributed by atoms with E-state index in [1.54, 1.807) is 0 Å². The van der Waals surface area contributed by atoms with Gasteiger partial charge >= 0.3 is 18.0 Å². The molecule has 0 amide bonds. The van der Waals surface area contributed by atoms with Crippen molar-refractivity contribution in [3.8, 4) is 0 Å². The third-order valence-electron chi connectivity index (χ3n) is 2.70. The standard InChI is InChI=1S/C12H11F7O/c1-9(2,20)7-3-5-8(6-4-7)10(13,14)11(15,16)12(17,18)19/h3-6,20H,1-2H3. The molecule has 0 saturated carbocycles. The molecule has 0 aliphatic heterocycles. The molecule has 1 aromatic carbocycles. The normalized spacial score (nSPS) is 14.5. The Morgan fingerprint density at radius 1 is 0.750 bits per heavy atom. The van der Waals surface area contributed by atoms with Crippen molar-refractivity contribution in [1.82, 2.24) is 0 Å². The van der Waals surface area contributed by atoms with E-state index in [1.807, 2.05) is 0 Å². The average molecular weight is 304 g/mol. The summed E-state index contributed by atoms with van der Waals surface area (Å²) >= 11 is 0. The summed E-state index contributed by atoms with van der Waals surface area (Å²) in [7, 11) is 0. The van der Waals surface area contributed by atoms with Crippen LogP contribution in [0.2, 0.25) is 0 Å². The number of rotatable bonds is 3. The number of aliphatic hydroxyl groups is 1. The third-order valence-corrected chi connectivity index (χ3v) is 2.70. The van der Waals surface area contributed by atoms with Crippen molar-refractivity contribution in [3.05, 3.63) is 35.4 Å². The highest BCUT2D eigenvalue weighted by Crippen LogP contribution is 2.51. The van der Waals surface area contributed by atoms with E-state index in [9.17, 15) is 35.8 Å². The molecule has 1 N–H and O–H groups in total. The summed E-state index contributed by atoms with van der Waals surface area (Å²) in [5.41, 5.74) is -2.81. The predicted molar refractivity (Wildman–Crippen MR) is 56.6 cm³/mol. The zero-order chi connectivity index (χ0) is 16.0. The van der Waals surface area contributed by atoms with Gasteiger partial charge in [-0.05, 0) is 19.4 Å². The van der Waals surface area contributed by atoms with Gasteiger partial charge in [0.25, 0.3) is 0 Å². The molecular weight excluding hydrogens is 293 g/mol. The number of alkyl halides is 7. The van der Waals surface area contributed by atoms with Crippen molar-refractivity contribution in [2.24, 2.45) is 0 Å². The van der Waals surface area contributed by atoms with E-state index in [2.05, 4.69) is 0 Å². The maximum Gasteiger partial charge on any atom is 0.460 e. The monoisotopic (exact) mass is 304 g/mol. The lowest BCUT2D eigenvalue weighted by atomic mass is 9.94. The van der Waals surface area contributed by atoms with Gasteiger partial charge in [-0.2, -0.15) is 30.7 Å². The van der Waals surface area contributed by atoms with Gasteiger partial charge in [0.05, 0.1) is 5.60 Å². The van der Waals surface area contributed by atoms with E-state index in [1.165, 1.54) is 13.8 Å². The highest BCUT2D eigenvalue weighted by atomic mass is 19.4. The van der Waals surface area contributed by atoms with Crippen molar-refractivity contribution < 1.29 is 35.8 Å². The summed E-state index contributed by atoms with van der Waals surface area (Å²) in [6.07, 6.45) is -6.37. The maximum absolute atomic E-state index is 13.3. The minimum atomic E-state index is -6.37. The first-order valence-corrected chi connectivity index (χ1v) is 5.37. The van der Waals surface area contributed by atoms with Crippen LogP contribution >= 0.6 is 0 Å². The maximum atomic E-state index is 13.3. The Labute approximate surface area is 110 Å². The van der Waals surface area contributed by atoms with Crippen molar-refractivity contribution in [1.29, 1.82) is 0 Å². The molecule has 1 rings (SSSR count). The summed E-state index contributed by atoms with van der Waals surface area (Å²) in [5.74, 6) is -11.6. The Bertz CT molecular complexity index is 468. The molecule has 0 atom stereocenters. The Morgan fingerprint density at radius 2 is 1.10 bits per heavy atom. The number of benzene rings is 1. The van der Waals surface area contributed by atoms with Crippen LogP contribution in [-0.2, 0) is 11.5 Å². The highest BCUT2D eigenvalue weighted by molar-refractivity contribution is 5.30. The van der Waals surface area contributed by atoms with Gasteiger partial charge in [0.1, 0.15) is 0 Å². The lowest BCUT2D eigenvalue weighted by molar-refractivity contribution is -0.359. The Morgan fingerprint density at radius 3 is 1.40 bits per heavy atom. The van der Waals surface area contributed by atoms with Crippen molar-refractivity contribution in [3.63, 3.8) is 0 Å². The van der Waals surface area contributed by atoms with Gasteiger partial charge in [-0.1, -0.05) is 24.3 Å². The average Bonchev–Trinajstić information content (AvgIpc) is 2.26. The molecule has 20 heavy (non-hydrogen) atoms. The second-order valence-electron chi connectivity index (χ2n) is 4.78. The van der Waals surface area contributed by atoms with Crippen LogP contribution in [0.5, 0.6) is 0 Å². The smallest absolute Gasteiger partial charge is 0.386 e. The summed E-state index contributed by atoms with van der Waals surface area (Å²) < 4.78 is 88.3. The van der Waals surface area contributed by atoms with Crippen LogP contribution in [-0.4, -0.2) is 17.2 Å². The molecule has 0 spiro atoms. The lowest BCUT2D eigenvalue weighted by Crippen LogP contribution is -2.50. The van der Waals surface area contributed by atoms with Crippen LogP contribution in [0.1, 0.15) is 25.0 Å². The Kier molecular flexibility index (Phi) is 3.86. The lowest BCUT2D eigenvalue weighted by Gasteiger charge is -2.28. The van der Waals surface area contributed by atoms with E-state index in [0.29, 0.717) is 12.1 Å². The van der Waals surface area contributed by atoms with Crippen molar-refractivity contribution >= 4 is 0 Å². The van der Waals surface area contributed by atoms with E-state index in [0.717, 1.165) is 12.1 Å². The minimum absolute atomic E-state index is 0.104. The first-order chi connectivity index (χ1) is 8.71. The van der Waals surface area contributed by atoms with E-state index in [4.69, 9.17) is 0 Å². The van der Waals surface area contributed by atoms with Crippen LogP contribution in [0.15, 0.2) is 24.3 Å². The first-order valence-electron chi connectivity index (χ1n) is 5.37. The fourth-order valence-electron chi connectivity index (χ4n) is 1.45. The summed E-state index contributed by atoms with van der Waals surface area (Å²) in [4.78, 5) is 0. The number of halogens is 7. The van der Waals surface area contributed by atoms with Gasteiger partial charge < -0.3 is 5.11 Å². The van der Waals surface area contributed by atoms with Gasteiger partial charge in [0, 0.05) is 5.56 Å². The predicted octanol–water partition coefficient (Wildman–Crippen LogP) is 4.20. The molecule has 0 saturated heterocycles. The van der Waals surface area contributed by atoms with Gasteiger partial charge in [-0.25, -0.2) is 0 Å². The molecule has 0 unspecified atom stereocenters. The van der Waals surface area contributed by atoms with Crippen LogP contribution in [0, 0.1) is 0 Å². The molecule has 0 aliphatic rings. The van der Waals surface area contributed by atoms with Crippen LogP contribution in [0.4, 0.5) is 30.7 Å². The molecule has 114 valence electrons. The third kappa shape index (κ3) is 2.74. The zero-order valence-corrected chi connectivity index (χ0v) is 10.4. The first kappa shape index (κ1) is 16.7. The number of hydrogen-bond acceptors (Lipinski definition) is 1. The SMILES string of the molecule is CC(C)(O)c1ccc(C(F)(F)C(F)(F)C(F)(F)F)cc1. The fourth-order valence-corrected chi connectivity index (χ4v) is 1.45. The van der Waals surface area contributed by atoms with Gasteiger partial charge in [-0.15, -0.1) is 0 Å². The zero-order valence-electron chi connectivity index (χ0n) is 10.4.